The number of hydrogen-bond donors (Lipinski definition) is 0. The van der Waals surface area contributed by atoms with E-state index in [1.807, 2.05) is 25.1 Å². The van der Waals surface area contributed by atoms with Crippen molar-refractivity contribution in [2.75, 3.05) is 13.2 Å². The summed E-state index contributed by atoms with van der Waals surface area (Å²) < 4.78 is 106. The van der Waals surface area contributed by atoms with Gasteiger partial charge in [0.25, 0.3) is 0 Å². The Morgan fingerprint density at radius 2 is 1.47 bits per heavy atom. The quantitative estimate of drug-likeness (QED) is 0.0636. The van der Waals surface area contributed by atoms with Crippen LogP contribution in [0.2, 0.25) is 0 Å². The molecule has 2 saturated carbocycles. The van der Waals surface area contributed by atoms with Gasteiger partial charge in [-0.1, -0.05) is 74.7 Å². The molecule has 2 aromatic heterocycles. The molecule has 4 aromatic rings. The number of thiophene rings is 2. The van der Waals surface area contributed by atoms with E-state index < -0.39 is 28.9 Å². The molecule has 312 valence electrons. The number of fused-ring (bicyclic) bond motifs is 2. The predicted molar refractivity (Wildman–Crippen MR) is 226 cm³/mol. The number of rotatable bonds is 16. The molecule has 3 aliphatic rings. The van der Waals surface area contributed by atoms with E-state index in [2.05, 4.69) is 26.8 Å². The van der Waals surface area contributed by atoms with E-state index in [4.69, 9.17) is 9.47 Å². The Balaban J connectivity index is 1.13. The highest BCUT2D eigenvalue weighted by Crippen LogP contribution is 2.66. The highest BCUT2D eigenvalue weighted by Gasteiger charge is 2.80. The molecule has 5 atom stereocenters. The van der Waals surface area contributed by atoms with Crippen LogP contribution >= 0.6 is 22.7 Å². The fourth-order valence-electron chi connectivity index (χ4n) is 10.0. The lowest BCUT2D eigenvalue weighted by atomic mass is 9.71. The van der Waals surface area contributed by atoms with Crippen molar-refractivity contribution >= 4 is 33.8 Å². The minimum Gasteiger partial charge on any atom is -0.494 e. The SMILES string of the molecule is C/C=C1\CC2CC1C(CCCOc1cccc(-c3cc(C4=C(c5cc(-c6ccc(COCC)cc6)sc5C)C(F)(F)C(F)(F)C4(F)F)c(C)s3)c1)C2CC(C)CCC. The van der Waals surface area contributed by atoms with Crippen LogP contribution < -0.4 is 4.74 Å². The van der Waals surface area contributed by atoms with Crippen LogP contribution in [0.5, 0.6) is 5.75 Å². The van der Waals surface area contributed by atoms with Crippen molar-refractivity contribution in [1.82, 2.24) is 0 Å². The van der Waals surface area contributed by atoms with Crippen molar-refractivity contribution in [3.05, 3.63) is 98.8 Å². The molecule has 2 fully saturated rings. The summed E-state index contributed by atoms with van der Waals surface area (Å²) in [6.07, 6.45) is 10.7. The summed E-state index contributed by atoms with van der Waals surface area (Å²) in [5.74, 6) is -11.7. The van der Waals surface area contributed by atoms with E-state index in [1.165, 1.54) is 58.1 Å². The molecule has 2 nitrogen and oxygen atoms in total. The highest BCUT2D eigenvalue weighted by atomic mass is 32.1. The molecule has 0 amide bonds. The Hall–Kier alpha value is -3.34. The third-order valence-corrected chi connectivity index (χ3v) is 15.1. The molecule has 0 aliphatic heterocycles. The lowest BCUT2D eigenvalue weighted by Gasteiger charge is -2.34. The summed E-state index contributed by atoms with van der Waals surface area (Å²) >= 11 is 2.22. The molecule has 2 bridgehead atoms. The third kappa shape index (κ3) is 7.75. The fraction of sp³-hybridized carbons (Fsp3) is 0.500. The lowest BCUT2D eigenvalue weighted by molar-refractivity contribution is -0.254. The van der Waals surface area contributed by atoms with E-state index in [1.54, 1.807) is 35.9 Å². The minimum atomic E-state index is -5.64. The average Bonchev–Trinajstić information content (AvgIpc) is 3.99. The Bertz CT molecular complexity index is 2140. The summed E-state index contributed by atoms with van der Waals surface area (Å²) in [6.45, 7) is 13.2. The maximum absolute atomic E-state index is 15.9. The first-order chi connectivity index (χ1) is 27.6. The number of aryl methyl sites for hydroxylation is 2. The first-order valence-electron chi connectivity index (χ1n) is 20.8. The van der Waals surface area contributed by atoms with Gasteiger partial charge in [-0.05, 0) is 141 Å². The maximum atomic E-state index is 15.9. The fourth-order valence-corrected chi connectivity index (χ4v) is 12.1. The van der Waals surface area contributed by atoms with Crippen LogP contribution in [0, 0.1) is 43.4 Å². The largest absolute Gasteiger partial charge is 0.494 e. The van der Waals surface area contributed by atoms with E-state index in [9.17, 15) is 0 Å². The Morgan fingerprint density at radius 1 is 0.828 bits per heavy atom. The summed E-state index contributed by atoms with van der Waals surface area (Å²) in [5, 5.41) is 0. The van der Waals surface area contributed by atoms with Gasteiger partial charge in [-0.25, -0.2) is 0 Å². The van der Waals surface area contributed by atoms with Crippen LogP contribution in [-0.2, 0) is 11.3 Å². The molecule has 0 N–H and O–H groups in total. The Labute approximate surface area is 347 Å². The van der Waals surface area contributed by atoms with Crippen molar-refractivity contribution < 1.29 is 35.8 Å². The molecule has 58 heavy (non-hydrogen) atoms. The Morgan fingerprint density at radius 3 is 2.07 bits per heavy atom. The number of hydrogen-bond acceptors (Lipinski definition) is 4. The van der Waals surface area contributed by atoms with Gasteiger partial charge in [-0.15, -0.1) is 22.7 Å². The molecule has 0 saturated heterocycles. The molecule has 3 aliphatic carbocycles. The molecular weight excluding hydrogens is 787 g/mol. The number of ether oxygens (including phenoxy) is 2. The van der Waals surface area contributed by atoms with Crippen LogP contribution in [0.3, 0.4) is 0 Å². The van der Waals surface area contributed by atoms with Crippen molar-refractivity contribution in [2.45, 2.75) is 111 Å². The van der Waals surface area contributed by atoms with Crippen LogP contribution in [0.1, 0.15) is 99.1 Å². The smallest absolute Gasteiger partial charge is 0.380 e. The second-order valence-corrected chi connectivity index (χ2v) is 19.1. The van der Waals surface area contributed by atoms with Gasteiger partial charge in [0.05, 0.1) is 13.2 Å². The summed E-state index contributed by atoms with van der Waals surface area (Å²) in [6, 6.07) is 17.2. The predicted octanol–water partition coefficient (Wildman–Crippen LogP) is 15.3. The van der Waals surface area contributed by atoms with Crippen LogP contribution in [-0.4, -0.2) is 31.0 Å². The highest BCUT2D eigenvalue weighted by molar-refractivity contribution is 7.16. The van der Waals surface area contributed by atoms with Gasteiger partial charge in [0.1, 0.15) is 5.75 Å². The zero-order valence-corrected chi connectivity index (χ0v) is 35.8. The zero-order valence-electron chi connectivity index (χ0n) is 34.2. The molecule has 10 heteroatoms. The average molecular weight is 841 g/mol. The van der Waals surface area contributed by atoms with Crippen LogP contribution in [0.25, 0.3) is 32.0 Å². The van der Waals surface area contributed by atoms with Crippen LogP contribution in [0.15, 0.2) is 72.3 Å². The van der Waals surface area contributed by atoms with E-state index in [0.717, 1.165) is 58.8 Å². The number of benzene rings is 2. The van der Waals surface area contributed by atoms with Crippen molar-refractivity contribution in [1.29, 1.82) is 0 Å². The second-order valence-electron chi connectivity index (χ2n) is 16.6. The standard InChI is InChI=1S/C48H54F6O2S2/c1-7-12-28(4)21-40-35-22-32(8-2)41(24-35)37(40)15-11-20-56-36-14-10-13-34(23-36)43-26-39(30(6)58-43)45-44(46(49,50)48(53,54)47(45,51)52)38-25-42(57-29(38)5)33-18-16-31(17-19-33)27-55-9-3/h8,10,13-14,16-19,23,25-26,28,35,37,40-41H,7,9,11-12,15,20-22,24,27H2,1-6H3/b32-8+. The topological polar surface area (TPSA) is 18.5 Å². The molecule has 2 heterocycles. The number of alkyl halides is 6. The minimum absolute atomic E-state index is 0.245. The van der Waals surface area contributed by atoms with Crippen LogP contribution in [0.4, 0.5) is 26.3 Å². The third-order valence-electron chi connectivity index (χ3n) is 12.9. The van der Waals surface area contributed by atoms with Gasteiger partial charge in [0.15, 0.2) is 0 Å². The van der Waals surface area contributed by atoms with Crippen molar-refractivity contribution in [3.8, 4) is 26.6 Å². The van der Waals surface area contributed by atoms with Gasteiger partial charge in [-0.3, -0.25) is 0 Å². The van der Waals surface area contributed by atoms with Crippen molar-refractivity contribution in [3.63, 3.8) is 0 Å². The first kappa shape index (κ1) is 42.8. The molecule has 0 spiro atoms. The monoisotopic (exact) mass is 840 g/mol. The molecule has 2 aromatic carbocycles. The summed E-state index contributed by atoms with van der Waals surface area (Å²) in [5.41, 5.74) is 0.577. The first-order valence-corrected chi connectivity index (χ1v) is 22.4. The summed E-state index contributed by atoms with van der Waals surface area (Å²) in [4.78, 5) is 1.50. The Kier molecular flexibility index (Phi) is 12.5. The van der Waals surface area contributed by atoms with E-state index >= 15 is 26.3 Å². The van der Waals surface area contributed by atoms with Gasteiger partial charge in [-0.2, -0.15) is 26.3 Å². The molecule has 7 rings (SSSR count). The second kappa shape index (κ2) is 17.0. The molecular formula is C48H54F6O2S2. The molecule has 5 unspecified atom stereocenters. The van der Waals surface area contributed by atoms with Gasteiger partial charge >= 0.3 is 17.8 Å². The lowest BCUT2D eigenvalue weighted by Crippen LogP contribution is -2.48. The number of allylic oxidation sites excluding steroid dienone is 4. The molecule has 0 radical (unpaired) electrons. The van der Waals surface area contributed by atoms with Crippen molar-refractivity contribution in [2.24, 2.45) is 29.6 Å². The van der Waals surface area contributed by atoms with Gasteiger partial charge < -0.3 is 9.47 Å². The summed E-state index contributed by atoms with van der Waals surface area (Å²) in [7, 11) is 0. The van der Waals surface area contributed by atoms with E-state index in [-0.39, 0.29) is 20.9 Å². The number of halogens is 6. The maximum Gasteiger partial charge on any atom is 0.380 e. The zero-order chi connectivity index (χ0) is 41.6. The normalized spacial score (nSPS) is 24.3. The van der Waals surface area contributed by atoms with E-state index in [0.29, 0.717) is 58.3 Å². The van der Waals surface area contributed by atoms with Gasteiger partial charge in [0.2, 0.25) is 0 Å². The van der Waals surface area contributed by atoms with Gasteiger partial charge in [0, 0.05) is 37.3 Å².